The summed E-state index contributed by atoms with van der Waals surface area (Å²) < 4.78 is 20.6. The molecule has 0 saturated heterocycles. The molecule has 0 fully saturated rings. The number of hydrogen-bond donors (Lipinski definition) is 2. The molecule has 0 saturated carbocycles. The van der Waals surface area contributed by atoms with E-state index in [1.54, 1.807) is 47.3 Å². The quantitative estimate of drug-likeness (QED) is 0.328. The Kier molecular flexibility index (Phi) is 5.74. The molecule has 4 aromatic rings. The summed E-state index contributed by atoms with van der Waals surface area (Å²) in [6.45, 7) is 6.04. The van der Waals surface area contributed by atoms with Gasteiger partial charge in [0.25, 0.3) is 0 Å². The van der Waals surface area contributed by atoms with Crippen LogP contribution >= 0.6 is 0 Å². The molecule has 0 aliphatic heterocycles. The highest BCUT2D eigenvalue weighted by Crippen LogP contribution is 2.31. The summed E-state index contributed by atoms with van der Waals surface area (Å²) in [6.07, 6.45) is 5.84. The van der Waals surface area contributed by atoms with E-state index in [0.29, 0.717) is 41.6 Å². The van der Waals surface area contributed by atoms with E-state index in [2.05, 4.69) is 31.9 Å². The molecule has 0 aliphatic rings. The SMILES string of the molecule is C=CCCOc1nc(N[C@@H](C)c2ccc(F)cc2)cc(-c2c(N)nn3cccnc23)n1. The third-order valence-corrected chi connectivity index (χ3v) is 4.67. The second kappa shape index (κ2) is 8.78. The number of benzene rings is 1. The Morgan fingerprint density at radius 3 is 2.87 bits per heavy atom. The Morgan fingerprint density at radius 1 is 1.29 bits per heavy atom. The van der Waals surface area contributed by atoms with Crippen molar-refractivity contribution in [1.82, 2.24) is 24.6 Å². The molecule has 9 heteroatoms. The first kappa shape index (κ1) is 20.3. The first-order valence-corrected chi connectivity index (χ1v) is 9.79. The Labute approximate surface area is 178 Å². The van der Waals surface area contributed by atoms with E-state index in [0.717, 1.165) is 5.56 Å². The van der Waals surface area contributed by atoms with Crippen molar-refractivity contribution in [2.75, 3.05) is 17.7 Å². The molecule has 4 rings (SSSR count). The van der Waals surface area contributed by atoms with Gasteiger partial charge in [-0.15, -0.1) is 11.7 Å². The minimum Gasteiger partial charge on any atom is -0.463 e. The normalized spacial score (nSPS) is 11.9. The lowest BCUT2D eigenvalue weighted by Gasteiger charge is -2.16. The Hall–Kier alpha value is -4.01. The zero-order valence-electron chi connectivity index (χ0n) is 17.0. The zero-order valence-corrected chi connectivity index (χ0v) is 17.0. The molecule has 0 aliphatic carbocycles. The Morgan fingerprint density at radius 2 is 2.10 bits per heavy atom. The van der Waals surface area contributed by atoms with Crippen LogP contribution in [0, 0.1) is 5.82 Å². The van der Waals surface area contributed by atoms with Crippen molar-refractivity contribution in [3.8, 4) is 17.3 Å². The summed E-state index contributed by atoms with van der Waals surface area (Å²) in [7, 11) is 0. The highest BCUT2D eigenvalue weighted by molar-refractivity contribution is 5.85. The molecule has 1 atom stereocenters. The fourth-order valence-corrected chi connectivity index (χ4v) is 3.13. The van der Waals surface area contributed by atoms with Gasteiger partial charge in [0, 0.05) is 24.5 Å². The summed E-state index contributed by atoms with van der Waals surface area (Å²) in [5.74, 6) is 0.548. The first-order valence-electron chi connectivity index (χ1n) is 9.79. The molecule has 0 bridgehead atoms. The van der Waals surface area contributed by atoms with Gasteiger partial charge in [-0.1, -0.05) is 18.2 Å². The minimum atomic E-state index is -0.283. The summed E-state index contributed by atoms with van der Waals surface area (Å²) in [4.78, 5) is 13.4. The number of nitrogens with two attached hydrogens (primary N) is 1. The van der Waals surface area contributed by atoms with Crippen LogP contribution in [-0.4, -0.2) is 31.2 Å². The number of nitrogens with one attached hydrogen (secondary N) is 1. The number of nitrogens with zero attached hydrogens (tertiary/aromatic N) is 5. The number of hydrogen-bond acceptors (Lipinski definition) is 7. The van der Waals surface area contributed by atoms with Crippen molar-refractivity contribution >= 4 is 17.3 Å². The maximum Gasteiger partial charge on any atom is 0.318 e. The van der Waals surface area contributed by atoms with Gasteiger partial charge in [0.1, 0.15) is 11.6 Å². The maximum atomic E-state index is 13.3. The van der Waals surface area contributed by atoms with Crippen molar-refractivity contribution in [3.63, 3.8) is 0 Å². The lowest BCUT2D eigenvalue weighted by atomic mass is 10.1. The van der Waals surface area contributed by atoms with Gasteiger partial charge in [0.2, 0.25) is 0 Å². The van der Waals surface area contributed by atoms with Crippen LogP contribution in [0.4, 0.5) is 16.0 Å². The van der Waals surface area contributed by atoms with E-state index in [1.807, 2.05) is 6.92 Å². The number of nitrogen functional groups attached to an aromatic ring is 1. The van der Waals surface area contributed by atoms with Crippen LogP contribution in [0.2, 0.25) is 0 Å². The molecule has 31 heavy (non-hydrogen) atoms. The molecular formula is C22H22FN7O. The number of rotatable bonds is 8. The van der Waals surface area contributed by atoms with Gasteiger partial charge in [-0.25, -0.2) is 13.9 Å². The topological polar surface area (TPSA) is 103 Å². The van der Waals surface area contributed by atoms with Crippen LogP contribution in [-0.2, 0) is 0 Å². The van der Waals surface area contributed by atoms with Crippen molar-refractivity contribution in [3.05, 3.63) is 72.8 Å². The highest BCUT2D eigenvalue weighted by atomic mass is 19.1. The molecule has 8 nitrogen and oxygen atoms in total. The first-order chi connectivity index (χ1) is 15.0. The molecule has 0 spiro atoms. The van der Waals surface area contributed by atoms with Crippen LogP contribution in [0.25, 0.3) is 16.9 Å². The van der Waals surface area contributed by atoms with E-state index in [9.17, 15) is 4.39 Å². The number of anilines is 2. The summed E-state index contributed by atoms with van der Waals surface area (Å²) in [5.41, 5.74) is 8.78. The molecule has 158 valence electrons. The average molecular weight is 419 g/mol. The molecule has 1 aromatic carbocycles. The molecule has 0 amide bonds. The highest BCUT2D eigenvalue weighted by Gasteiger charge is 2.18. The predicted molar refractivity (Wildman–Crippen MR) is 117 cm³/mol. The second-order valence-corrected chi connectivity index (χ2v) is 6.91. The van der Waals surface area contributed by atoms with E-state index in [-0.39, 0.29) is 17.9 Å². The van der Waals surface area contributed by atoms with Gasteiger partial charge in [-0.2, -0.15) is 9.97 Å². The fraction of sp³-hybridized carbons (Fsp3) is 0.182. The minimum absolute atomic E-state index is 0.135. The van der Waals surface area contributed by atoms with Crippen LogP contribution < -0.4 is 15.8 Å². The third kappa shape index (κ3) is 4.45. The van der Waals surface area contributed by atoms with Crippen LogP contribution in [0.3, 0.4) is 0 Å². The monoisotopic (exact) mass is 419 g/mol. The number of halogens is 1. The standard InChI is InChI=1S/C22H22FN7O/c1-3-4-12-31-22-27-17(19-20(24)29-30-11-5-10-25-21(19)30)13-18(28-22)26-14(2)15-6-8-16(23)9-7-15/h3,5-11,13-14H,1,4,12H2,2H3,(H2,24,29)(H,26,27,28)/t14-/m0/s1. The Balaban J connectivity index is 1.72. The van der Waals surface area contributed by atoms with Crippen molar-refractivity contribution in [1.29, 1.82) is 0 Å². The second-order valence-electron chi connectivity index (χ2n) is 6.91. The van der Waals surface area contributed by atoms with E-state index < -0.39 is 0 Å². The van der Waals surface area contributed by atoms with Gasteiger partial charge < -0.3 is 15.8 Å². The largest absolute Gasteiger partial charge is 0.463 e. The predicted octanol–water partition coefficient (Wildman–Crippen LogP) is 4.04. The molecule has 3 N–H and O–H groups in total. The Bertz CT molecular complexity index is 1210. The number of ether oxygens (including phenoxy) is 1. The average Bonchev–Trinajstić information content (AvgIpc) is 3.10. The molecule has 3 aromatic heterocycles. The van der Waals surface area contributed by atoms with Crippen LogP contribution in [0.5, 0.6) is 6.01 Å². The van der Waals surface area contributed by atoms with Gasteiger partial charge in [-0.05, 0) is 37.1 Å². The van der Waals surface area contributed by atoms with Crippen molar-refractivity contribution in [2.24, 2.45) is 0 Å². The van der Waals surface area contributed by atoms with Crippen LogP contribution in [0.1, 0.15) is 24.9 Å². The summed E-state index contributed by atoms with van der Waals surface area (Å²) >= 11 is 0. The van der Waals surface area contributed by atoms with E-state index in [1.165, 1.54) is 12.1 Å². The summed E-state index contributed by atoms with van der Waals surface area (Å²) in [5, 5.41) is 7.62. The number of fused-ring (bicyclic) bond motifs is 1. The fourth-order valence-electron chi connectivity index (χ4n) is 3.13. The van der Waals surface area contributed by atoms with Gasteiger partial charge in [-0.3, -0.25) is 0 Å². The van der Waals surface area contributed by atoms with Crippen molar-refractivity contribution in [2.45, 2.75) is 19.4 Å². The van der Waals surface area contributed by atoms with Gasteiger partial charge >= 0.3 is 6.01 Å². The molecule has 0 radical (unpaired) electrons. The zero-order chi connectivity index (χ0) is 21.8. The lowest BCUT2D eigenvalue weighted by molar-refractivity contribution is 0.300. The number of aromatic nitrogens is 5. The van der Waals surface area contributed by atoms with Gasteiger partial charge in [0.05, 0.1) is 17.9 Å². The molecule has 3 heterocycles. The molecular weight excluding hydrogens is 397 g/mol. The summed E-state index contributed by atoms with van der Waals surface area (Å²) in [6, 6.07) is 9.90. The third-order valence-electron chi connectivity index (χ3n) is 4.67. The molecule has 0 unspecified atom stereocenters. The van der Waals surface area contributed by atoms with Crippen molar-refractivity contribution < 1.29 is 9.13 Å². The van der Waals surface area contributed by atoms with Crippen LogP contribution in [0.15, 0.2) is 61.4 Å². The van der Waals surface area contributed by atoms with E-state index >= 15 is 0 Å². The maximum absolute atomic E-state index is 13.3. The smallest absolute Gasteiger partial charge is 0.318 e. The van der Waals surface area contributed by atoms with Gasteiger partial charge in [0.15, 0.2) is 11.5 Å². The van der Waals surface area contributed by atoms with E-state index in [4.69, 9.17) is 10.5 Å². The lowest BCUT2D eigenvalue weighted by Crippen LogP contribution is -2.10.